The number of nitrogens with one attached hydrogen (secondary N) is 1. The third-order valence-electron chi connectivity index (χ3n) is 4.44. The highest BCUT2D eigenvalue weighted by molar-refractivity contribution is 6.30. The van der Waals surface area contributed by atoms with E-state index in [9.17, 15) is 14.0 Å². The molecule has 0 aliphatic carbocycles. The molecule has 2 aromatic rings. The molecule has 0 radical (unpaired) electrons. The highest BCUT2D eigenvalue weighted by atomic mass is 35.5. The molecular weight excluding hydrogens is 369 g/mol. The van der Waals surface area contributed by atoms with Gasteiger partial charge in [0.1, 0.15) is 12.4 Å². The van der Waals surface area contributed by atoms with E-state index in [2.05, 4.69) is 5.32 Å². The van der Waals surface area contributed by atoms with Crippen LogP contribution in [0.1, 0.15) is 15.9 Å². The molecule has 27 heavy (non-hydrogen) atoms. The lowest BCUT2D eigenvalue weighted by Crippen LogP contribution is -2.50. The Morgan fingerprint density at radius 1 is 1.11 bits per heavy atom. The predicted molar refractivity (Wildman–Crippen MR) is 102 cm³/mol. The lowest BCUT2D eigenvalue weighted by Gasteiger charge is -2.30. The van der Waals surface area contributed by atoms with Gasteiger partial charge in [0.05, 0.1) is 0 Å². The van der Waals surface area contributed by atoms with Gasteiger partial charge in [0.2, 0.25) is 5.91 Å². The molecule has 5 nitrogen and oxygen atoms in total. The molecule has 0 aromatic heterocycles. The van der Waals surface area contributed by atoms with Gasteiger partial charge in [-0.25, -0.2) is 4.39 Å². The minimum atomic E-state index is -0.344. The van der Waals surface area contributed by atoms with Crippen LogP contribution in [0.15, 0.2) is 48.5 Å². The molecule has 2 aromatic carbocycles. The smallest absolute Gasteiger partial charge is 0.254 e. The van der Waals surface area contributed by atoms with Crippen LogP contribution in [0.25, 0.3) is 0 Å². The first kappa shape index (κ1) is 19.3. The number of amides is 2. The Kier molecular flexibility index (Phi) is 6.42. The molecule has 1 heterocycles. The van der Waals surface area contributed by atoms with Gasteiger partial charge in [0.15, 0.2) is 0 Å². The number of hydrogen-bond acceptors (Lipinski definition) is 3. The minimum Gasteiger partial charge on any atom is -0.339 e. The predicted octanol–water partition coefficient (Wildman–Crippen LogP) is 2.55. The SMILES string of the molecule is O=C(CN(Cc1ccc(F)cc1)C(=O)c1cccc(Cl)c1)N1CCNCC1. The molecule has 0 spiro atoms. The maximum absolute atomic E-state index is 13.2. The zero-order valence-electron chi connectivity index (χ0n) is 14.8. The second-order valence-corrected chi connectivity index (χ2v) is 6.87. The van der Waals surface area contributed by atoms with Gasteiger partial charge in [0, 0.05) is 43.3 Å². The van der Waals surface area contributed by atoms with E-state index < -0.39 is 0 Å². The molecule has 1 saturated heterocycles. The first-order valence-electron chi connectivity index (χ1n) is 8.81. The Bertz CT molecular complexity index is 807. The van der Waals surface area contributed by atoms with E-state index >= 15 is 0 Å². The quantitative estimate of drug-likeness (QED) is 0.855. The van der Waals surface area contributed by atoms with Gasteiger partial charge in [-0.2, -0.15) is 0 Å². The molecule has 1 fully saturated rings. The summed E-state index contributed by atoms with van der Waals surface area (Å²) in [4.78, 5) is 28.9. The summed E-state index contributed by atoms with van der Waals surface area (Å²) in [5.74, 6) is -0.734. The summed E-state index contributed by atoms with van der Waals surface area (Å²) in [5.41, 5.74) is 1.16. The molecule has 0 saturated carbocycles. The van der Waals surface area contributed by atoms with Crippen LogP contribution in [0.2, 0.25) is 5.02 Å². The molecule has 1 aliphatic rings. The Balaban J connectivity index is 1.79. The number of rotatable bonds is 5. The minimum absolute atomic E-state index is 0.0390. The van der Waals surface area contributed by atoms with Crippen LogP contribution in [0.3, 0.4) is 0 Å². The summed E-state index contributed by atoms with van der Waals surface area (Å²) in [6.45, 7) is 2.90. The summed E-state index contributed by atoms with van der Waals surface area (Å²) in [5, 5.41) is 3.65. The van der Waals surface area contributed by atoms with Crippen molar-refractivity contribution < 1.29 is 14.0 Å². The zero-order valence-corrected chi connectivity index (χ0v) is 15.6. The fraction of sp³-hybridized carbons (Fsp3) is 0.300. The summed E-state index contributed by atoms with van der Waals surface area (Å²) >= 11 is 6.00. The monoisotopic (exact) mass is 389 g/mol. The molecular formula is C20H21ClFN3O2. The van der Waals surface area contributed by atoms with E-state index in [1.165, 1.54) is 17.0 Å². The number of carbonyl (C=O) groups excluding carboxylic acids is 2. The fourth-order valence-corrected chi connectivity index (χ4v) is 3.18. The van der Waals surface area contributed by atoms with Crippen LogP contribution in [0.5, 0.6) is 0 Å². The van der Waals surface area contributed by atoms with Crippen LogP contribution in [-0.2, 0) is 11.3 Å². The standard InChI is InChI=1S/C20H21ClFN3O2/c21-17-3-1-2-16(12-17)20(27)25(13-15-4-6-18(22)7-5-15)14-19(26)24-10-8-23-9-11-24/h1-7,12,23H,8-11,13-14H2. The number of piperazine rings is 1. The van der Waals surface area contributed by atoms with Crippen molar-refractivity contribution in [1.29, 1.82) is 0 Å². The van der Waals surface area contributed by atoms with E-state index in [4.69, 9.17) is 11.6 Å². The molecule has 0 bridgehead atoms. The number of benzene rings is 2. The lowest BCUT2D eigenvalue weighted by atomic mass is 10.1. The number of hydrogen-bond donors (Lipinski definition) is 1. The van der Waals surface area contributed by atoms with Crippen LogP contribution in [0, 0.1) is 5.82 Å². The van der Waals surface area contributed by atoms with E-state index in [1.54, 1.807) is 41.3 Å². The summed E-state index contributed by atoms with van der Waals surface area (Å²) in [6, 6.07) is 12.5. The molecule has 0 unspecified atom stereocenters. The van der Waals surface area contributed by atoms with Crippen LogP contribution in [0.4, 0.5) is 4.39 Å². The van der Waals surface area contributed by atoms with Gasteiger partial charge < -0.3 is 15.1 Å². The van der Waals surface area contributed by atoms with Crippen molar-refractivity contribution in [3.8, 4) is 0 Å². The first-order valence-corrected chi connectivity index (χ1v) is 9.18. The average Bonchev–Trinajstić information content (AvgIpc) is 2.69. The summed E-state index contributed by atoms with van der Waals surface area (Å²) in [6.07, 6.45) is 0. The molecule has 1 N–H and O–H groups in total. The van der Waals surface area contributed by atoms with Crippen molar-refractivity contribution in [2.75, 3.05) is 32.7 Å². The number of carbonyl (C=O) groups is 2. The van der Waals surface area contributed by atoms with Crippen LogP contribution >= 0.6 is 11.6 Å². The molecule has 3 rings (SSSR count). The summed E-state index contributed by atoms with van der Waals surface area (Å²) < 4.78 is 13.2. The van der Waals surface area contributed by atoms with Crippen molar-refractivity contribution in [3.63, 3.8) is 0 Å². The van der Waals surface area contributed by atoms with Gasteiger partial charge in [-0.1, -0.05) is 29.8 Å². The van der Waals surface area contributed by atoms with Crippen LogP contribution in [-0.4, -0.2) is 54.3 Å². The zero-order chi connectivity index (χ0) is 19.2. The first-order chi connectivity index (χ1) is 13.0. The van der Waals surface area contributed by atoms with E-state index in [-0.39, 0.29) is 30.7 Å². The van der Waals surface area contributed by atoms with Gasteiger partial charge in [-0.15, -0.1) is 0 Å². The number of halogens is 2. The van der Waals surface area contributed by atoms with Gasteiger partial charge in [0.25, 0.3) is 5.91 Å². The van der Waals surface area contributed by atoms with Crippen molar-refractivity contribution in [3.05, 3.63) is 70.5 Å². The Morgan fingerprint density at radius 2 is 1.81 bits per heavy atom. The third-order valence-corrected chi connectivity index (χ3v) is 4.68. The van der Waals surface area contributed by atoms with Crippen molar-refractivity contribution in [2.24, 2.45) is 0 Å². The molecule has 1 aliphatic heterocycles. The highest BCUT2D eigenvalue weighted by Crippen LogP contribution is 2.15. The average molecular weight is 390 g/mol. The largest absolute Gasteiger partial charge is 0.339 e. The molecule has 7 heteroatoms. The third kappa shape index (κ3) is 5.28. The van der Waals surface area contributed by atoms with Crippen molar-refractivity contribution in [1.82, 2.24) is 15.1 Å². The Labute approximate surface area is 162 Å². The lowest BCUT2D eigenvalue weighted by molar-refractivity contribution is -0.132. The topological polar surface area (TPSA) is 52.7 Å². The second kappa shape index (κ2) is 8.97. The maximum atomic E-state index is 13.2. The fourth-order valence-electron chi connectivity index (χ4n) is 2.99. The van der Waals surface area contributed by atoms with Crippen LogP contribution < -0.4 is 5.32 Å². The van der Waals surface area contributed by atoms with Gasteiger partial charge in [-0.05, 0) is 35.9 Å². The molecule has 2 amide bonds. The van der Waals surface area contributed by atoms with Crippen molar-refractivity contribution in [2.45, 2.75) is 6.54 Å². The molecule has 0 atom stereocenters. The van der Waals surface area contributed by atoms with Crippen molar-refractivity contribution >= 4 is 23.4 Å². The van der Waals surface area contributed by atoms with E-state index in [0.29, 0.717) is 23.7 Å². The normalized spacial score (nSPS) is 14.1. The van der Waals surface area contributed by atoms with E-state index in [1.807, 2.05) is 0 Å². The van der Waals surface area contributed by atoms with Gasteiger partial charge >= 0.3 is 0 Å². The second-order valence-electron chi connectivity index (χ2n) is 6.43. The Morgan fingerprint density at radius 3 is 2.48 bits per heavy atom. The van der Waals surface area contributed by atoms with E-state index in [0.717, 1.165) is 18.7 Å². The number of nitrogens with zero attached hydrogens (tertiary/aromatic N) is 2. The molecule has 142 valence electrons. The highest BCUT2D eigenvalue weighted by Gasteiger charge is 2.23. The summed E-state index contributed by atoms with van der Waals surface area (Å²) in [7, 11) is 0. The maximum Gasteiger partial charge on any atom is 0.254 e. The Hall–Kier alpha value is -2.44. The van der Waals surface area contributed by atoms with Gasteiger partial charge in [-0.3, -0.25) is 9.59 Å².